The van der Waals surface area contributed by atoms with Crippen molar-refractivity contribution in [3.8, 4) is 5.95 Å². The minimum Gasteiger partial charge on any atom is -0.394 e. The van der Waals surface area contributed by atoms with Crippen LogP contribution >= 0.6 is 0 Å². The van der Waals surface area contributed by atoms with Gasteiger partial charge in [-0.3, -0.25) is 0 Å². The number of anilines is 2. The number of hydrogen-bond donors (Lipinski definition) is 3. The maximum atomic E-state index is 9.25. The fraction of sp³-hybridized carbons (Fsp3) is 0.500. The average Bonchev–Trinajstić information content (AvgIpc) is 2.99. The van der Waals surface area contributed by atoms with Crippen molar-refractivity contribution in [2.45, 2.75) is 26.3 Å². The third kappa shape index (κ3) is 3.41. The minimum atomic E-state index is -0.0858. The molecule has 3 N–H and O–H groups in total. The second-order valence-corrected chi connectivity index (χ2v) is 4.20. The van der Waals surface area contributed by atoms with Gasteiger partial charge in [-0.2, -0.15) is 20.1 Å². The van der Waals surface area contributed by atoms with Crippen molar-refractivity contribution < 1.29 is 5.11 Å². The highest BCUT2D eigenvalue weighted by atomic mass is 16.3. The topological polar surface area (TPSA) is 101 Å². The van der Waals surface area contributed by atoms with Crippen molar-refractivity contribution in [1.29, 1.82) is 0 Å². The van der Waals surface area contributed by atoms with E-state index in [1.54, 1.807) is 23.1 Å². The lowest BCUT2D eigenvalue weighted by Gasteiger charge is -2.15. The molecule has 2 aromatic heterocycles. The van der Waals surface area contributed by atoms with Crippen LogP contribution in [0.4, 0.5) is 11.9 Å². The van der Waals surface area contributed by atoms with E-state index < -0.39 is 0 Å². The van der Waals surface area contributed by atoms with E-state index in [0.717, 1.165) is 6.42 Å². The Balaban J connectivity index is 2.31. The van der Waals surface area contributed by atoms with Crippen molar-refractivity contribution in [2.24, 2.45) is 0 Å². The Kier molecular flexibility index (Phi) is 4.83. The smallest absolute Gasteiger partial charge is 0.257 e. The monoisotopic (exact) mass is 277 g/mol. The molecule has 1 atom stereocenters. The summed E-state index contributed by atoms with van der Waals surface area (Å²) in [6, 6.07) is 1.71. The van der Waals surface area contributed by atoms with Gasteiger partial charge in [-0.25, -0.2) is 4.68 Å². The fourth-order valence-corrected chi connectivity index (χ4v) is 1.62. The third-order valence-electron chi connectivity index (χ3n) is 2.71. The van der Waals surface area contributed by atoms with Crippen LogP contribution in [0.5, 0.6) is 0 Å². The second-order valence-electron chi connectivity index (χ2n) is 4.20. The first-order chi connectivity index (χ1) is 9.76. The van der Waals surface area contributed by atoms with Crippen LogP contribution in [0.25, 0.3) is 5.95 Å². The maximum Gasteiger partial charge on any atom is 0.257 e. The zero-order chi connectivity index (χ0) is 14.4. The van der Waals surface area contributed by atoms with E-state index in [2.05, 4.69) is 30.7 Å². The quantitative estimate of drug-likeness (QED) is 0.683. The Labute approximate surface area is 117 Å². The van der Waals surface area contributed by atoms with Gasteiger partial charge in [0.05, 0.1) is 12.6 Å². The first kappa shape index (κ1) is 14.2. The van der Waals surface area contributed by atoms with E-state index in [9.17, 15) is 5.11 Å². The SMILES string of the molecule is CCNc1nc(NC(CC)CO)nc(-n2cccn2)n1. The zero-order valence-electron chi connectivity index (χ0n) is 11.6. The van der Waals surface area contributed by atoms with Crippen LogP contribution in [0.3, 0.4) is 0 Å². The first-order valence-electron chi connectivity index (χ1n) is 6.64. The van der Waals surface area contributed by atoms with E-state index in [0.29, 0.717) is 24.4 Å². The molecule has 0 saturated heterocycles. The van der Waals surface area contributed by atoms with Gasteiger partial charge < -0.3 is 15.7 Å². The van der Waals surface area contributed by atoms with E-state index in [1.165, 1.54) is 0 Å². The van der Waals surface area contributed by atoms with Crippen molar-refractivity contribution in [3.63, 3.8) is 0 Å². The summed E-state index contributed by atoms with van der Waals surface area (Å²) in [4.78, 5) is 12.9. The largest absolute Gasteiger partial charge is 0.394 e. The van der Waals surface area contributed by atoms with Crippen molar-refractivity contribution in [1.82, 2.24) is 24.7 Å². The van der Waals surface area contributed by atoms with Crippen LogP contribution in [-0.2, 0) is 0 Å². The Morgan fingerprint density at radius 3 is 2.65 bits per heavy atom. The van der Waals surface area contributed by atoms with Crippen LogP contribution in [0, 0.1) is 0 Å². The molecule has 0 spiro atoms. The van der Waals surface area contributed by atoms with E-state index in [4.69, 9.17) is 0 Å². The molecule has 0 aromatic carbocycles. The number of nitrogens with zero attached hydrogens (tertiary/aromatic N) is 5. The number of nitrogens with one attached hydrogen (secondary N) is 2. The standard InChI is InChI=1S/C12H19N7O/c1-3-9(8-20)15-11-16-10(13-4-2)17-12(18-11)19-7-5-6-14-19/h5-7,9,20H,3-4,8H2,1-2H3,(H2,13,15,16,17,18). The summed E-state index contributed by atoms with van der Waals surface area (Å²) < 4.78 is 1.56. The lowest BCUT2D eigenvalue weighted by atomic mass is 10.2. The number of aromatic nitrogens is 5. The molecule has 2 heterocycles. The average molecular weight is 277 g/mol. The van der Waals surface area contributed by atoms with Crippen molar-refractivity contribution in [3.05, 3.63) is 18.5 Å². The van der Waals surface area contributed by atoms with Crippen LogP contribution in [0.1, 0.15) is 20.3 Å². The molecule has 0 aliphatic rings. The number of aliphatic hydroxyl groups is 1. The van der Waals surface area contributed by atoms with Crippen LogP contribution in [-0.4, -0.2) is 49.0 Å². The molecule has 0 amide bonds. The molecule has 2 aromatic rings. The molecular weight excluding hydrogens is 258 g/mol. The zero-order valence-corrected chi connectivity index (χ0v) is 11.6. The van der Waals surface area contributed by atoms with Gasteiger partial charge in [0.15, 0.2) is 0 Å². The second kappa shape index (κ2) is 6.80. The van der Waals surface area contributed by atoms with Crippen molar-refractivity contribution >= 4 is 11.9 Å². The van der Waals surface area contributed by atoms with E-state index >= 15 is 0 Å². The molecule has 0 aliphatic heterocycles. The Bertz CT molecular complexity index is 525. The molecule has 8 heteroatoms. The van der Waals surface area contributed by atoms with Crippen molar-refractivity contribution in [2.75, 3.05) is 23.8 Å². The van der Waals surface area contributed by atoms with Crippen LogP contribution < -0.4 is 10.6 Å². The summed E-state index contributed by atoms with van der Waals surface area (Å²) in [7, 11) is 0. The minimum absolute atomic E-state index is 0.0236. The maximum absolute atomic E-state index is 9.25. The van der Waals surface area contributed by atoms with Gasteiger partial charge >= 0.3 is 0 Å². The molecule has 0 bridgehead atoms. The number of rotatable bonds is 7. The molecule has 0 saturated carbocycles. The molecule has 2 rings (SSSR count). The molecule has 0 aliphatic carbocycles. The summed E-state index contributed by atoms with van der Waals surface area (Å²) >= 11 is 0. The predicted octanol–water partition coefficient (Wildman–Crippen LogP) is 0.672. The summed E-state index contributed by atoms with van der Waals surface area (Å²) in [5, 5.41) is 19.5. The van der Waals surface area contributed by atoms with Gasteiger partial charge in [0.25, 0.3) is 5.95 Å². The van der Waals surface area contributed by atoms with E-state index in [1.807, 2.05) is 13.8 Å². The summed E-state index contributed by atoms with van der Waals surface area (Å²) in [5.74, 6) is 1.32. The lowest BCUT2D eigenvalue weighted by Crippen LogP contribution is -2.25. The molecule has 8 nitrogen and oxygen atoms in total. The van der Waals surface area contributed by atoms with Crippen LogP contribution in [0.2, 0.25) is 0 Å². The van der Waals surface area contributed by atoms with Gasteiger partial charge in [0.1, 0.15) is 0 Å². The predicted molar refractivity (Wildman–Crippen MR) is 75.9 cm³/mol. The number of hydrogen-bond acceptors (Lipinski definition) is 7. The van der Waals surface area contributed by atoms with Gasteiger partial charge in [-0.15, -0.1) is 0 Å². The molecule has 0 fully saturated rings. The van der Waals surface area contributed by atoms with Gasteiger partial charge in [-0.1, -0.05) is 6.92 Å². The number of aliphatic hydroxyl groups excluding tert-OH is 1. The molecule has 20 heavy (non-hydrogen) atoms. The summed E-state index contributed by atoms with van der Waals surface area (Å²) in [5.41, 5.74) is 0. The van der Waals surface area contributed by atoms with Gasteiger partial charge in [-0.05, 0) is 19.4 Å². The molecule has 108 valence electrons. The molecular formula is C12H19N7O. The third-order valence-corrected chi connectivity index (χ3v) is 2.71. The highest BCUT2D eigenvalue weighted by Gasteiger charge is 2.11. The Morgan fingerprint density at radius 2 is 2.05 bits per heavy atom. The molecule has 1 unspecified atom stereocenters. The highest BCUT2D eigenvalue weighted by molar-refractivity contribution is 5.38. The lowest BCUT2D eigenvalue weighted by molar-refractivity contribution is 0.271. The highest BCUT2D eigenvalue weighted by Crippen LogP contribution is 2.10. The summed E-state index contributed by atoms with van der Waals surface area (Å²) in [6.45, 7) is 4.68. The Hall–Kier alpha value is -2.22. The Morgan fingerprint density at radius 1 is 1.25 bits per heavy atom. The normalized spacial score (nSPS) is 12.2. The van der Waals surface area contributed by atoms with Gasteiger partial charge in [0, 0.05) is 18.9 Å². The van der Waals surface area contributed by atoms with E-state index in [-0.39, 0.29) is 12.6 Å². The van der Waals surface area contributed by atoms with Crippen LogP contribution in [0.15, 0.2) is 18.5 Å². The summed E-state index contributed by atoms with van der Waals surface area (Å²) in [6.07, 6.45) is 4.19. The molecule has 0 radical (unpaired) electrons. The van der Waals surface area contributed by atoms with Gasteiger partial charge in [0.2, 0.25) is 11.9 Å². The first-order valence-corrected chi connectivity index (χ1v) is 6.64. The fourth-order valence-electron chi connectivity index (χ4n) is 1.62.